The Morgan fingerprint density at radius 3 is 2.63 bits per heavy atom. The summed E-state index contributed by atoms with van der Waals surface area (Å²) >= 11 is 0. The fraction of sp³-hybridized carbons (Fsp3) is 0.522. The Kier molecular flexibility index (Phi) is 8.28. The number of carbonyl (C=O) groups is 2. The van der Waals surface area contributed by atoms with Crippen molar-refractivity contribution in [3.8, 4) is 6.07 Å². The maximum atomic E-state index is 12.2. The van der Waals surface area contributed by atoms with Gasteiger partial charge < -0.3 is 15.5 Å². The Morgan fingerprint density at radius 2 is 1.97 bits per heavy atom. The average molecular weight is 410 g/mol. The second-order valence-corrected chi connectivity index (χ2v) is 7.97. The molecule has 160 valence electrons. The van der Waals surface area contributed by atoms with E-state index in [1.54, 1.807) is 6.20 Å². The zero-order valence-electron chi connectivity index (χ0n) is 17.5. The first-order valence-electron chi connectivity index (χ1n) is 10.8. The highest BCUT2D eigenvalue weighted by molar-refractivity contribution is 5.97. The Hall–Kier alpha value is -2.85. The number of benzene rings is 1. The summed E-state index contributed by atoms with van der Waals surface area (Å²) in [4.78, 5) is 28.1. The quantitative estimate of drug-likeness (QED) is 0.369. The van der Waals surface area contributed by atoms with Gasteiger partial charge in [0.15, 0.2) is 0 Å². The number of amides is 2. The van der Waals surface area contributed by atoms with Gasteiger partial charge in [0.2, 0.25) is 5.91 Å². The number of nitrogens with zero attached hydrogens (tertiary/aromatic N) is 3. The molecule has 0 unspecified atom stereocenters. The summed E-state index contributed by atoms with van der Waals surface area (Å²) in [6.07, 6.45) is 5.76. The number of nitrogens with one attached hydrogen (secondary N) is 2. The molecule has 2 heterocycles. The predicted molar refractivity (Wildman–Crippen MR) is 115 cm³/mol. The Bertz CT molecular complexity index is 779. The van der Waals surface area contributed by atoms with Gasteiger partial charge in [-0.3, -0.25) is 14.5 Å². The molecule has 3 rings (SSSR count). The first-order chi connectivity index (χ1) is 14.7. The summed E-state index contributed by atoms with van der Waals surface area (Å²) in [6, 6.07) is 12.7. The molecule has 0 saturated carbocycles. The van der Waals surface area contributed by atoms with Crippen LogP contribution in [0.2, 0.25) is 0 Å². The normalized spacial score (nSPS) is 18.3. The van der Waals surface area contributed by atoms with Crippen LogP contribution >= 0.6 is 0 Å². The molecule has 2 fully saturated rings. The molecule has 0 spiro atoms. The van der Waals surface area contributed by atoms with E-state index in [1.807, 2.05) is 17.0 Å². The van der Waals surface area contributed by atoms with Crippen LogP contribution < -0.4 is 10.6 Å². The van der Waals surface area contributed by atoms with Gasteiger partial charge in [-0.1, -0.05) is 30.3 Å². The lowest BCUT2D eigenvalue weighted by Gasteiger charge is -2.32. The fourth-order valence-corrected chi connectivity index (χ4v) is 3.96. The van der Waals surface area contributed by atoms with Crippen LogP contribution in [0.1, 0.15) is 37.7 Å². The van der Waals surface area contributed by atoms with Gasteiger partial charge in [-0.05, 0) is 31.2 Å². The van der Waals surface area contributed by atoms with E-state index in [2.05, 4.69) is 39.8 Å². The molecule has 2 amide bonds. The van der Waals surface area contributed by atoms with Crippen molar-refractivity contribution in [3.05, 3.63) is 47.7 Å². The molecule has 1 aromatic rings. The maximum Gasteiger partial charge on any atom is 0.263 e. The van der Waals surface area contributed by atoms with Crippen molar-refractivity contribution in [2.24, 2.45) is 0 Å². The lowest BCUT2D eigenvalue weighted by molar-refractivity contribution is -0.127. The molecule has 2 aliphatic heterocycles. The monoisotopic (exact) mass is 409 g/mol. The predicted octanol–water partition coefficient (Wildman–Crippen LogP) is 1.78. The van der Waals surface area contributed by atoms with Crippen LogP contribution in [0.3, 0.4) is 0 Å². The van der Waals surface area contributed by atoms with Crippen molar-refractivity contribution < 1.29 is 9.59 Å². The van der Waals surface area contributed by atoms with Crippen LogP contribution in [0.4, 0.5) is 0 Å². The molecule has 7 nitrogen and oxygen atoms in total. The van der Waals surface area contributed by atoms with Gasteiger partial charge >= 0.3 is 0 Å². The van der Waals surface area contributed by atoms with E-state index in [1.165, 1.54) is 5.56 Å². The second-order valence-electron chi connectivity index (χ2n) is 7.97. The molecule has 0 aromatic heterocycles. The standard InChI is InChI=1S/C23H31N5O2/c24-16-20(23(30)25-11-5-13-28-12-4-8-22(28)29)17-26-21-9-14-27(15-10-21)18-19-6-2-1-3-7-19/h1-3,6-7,17,21,26H,4-5,8-15,18H2,(H,25,30)/b20-17-. The van der Waals surface area contributed by atoms with Gasteiger partial charge in [-0.2, -0.15) is 5.26 Å². The highest BCUT2D eigenvalue weighted by Crippen LogP contribution is 2.14. The van der Waals surface area contributed by atoms with E-state index in [0.29, 0.717) is 25.9 Å². The van der Waals surface area contributed by atoms with Crippen molar-refractivity contribution in [1.29, 1.82) is 5.26 Å². The molecule has 1 aromatic carbocycles. The zero-order chi connectivity index (χ0) is 21.2. The minimum atomic E-state index is -0.362. The van der Waals surface area contributed by atoms with Crippen LogP contribution in [0, 0.1) is 11.3 Å². The van der Waals surface area contributed by atoms with Gasteiger partial charge in [-0.15, -0.1) is 0 Å². The SMILES string of the molecule is N#C/C(=C/NC1CCN(Cc2ccccc2)CC1)C(=O)NCCCN1CCCC1=O. The number of hydrogen-bond acceptors (Lipinski definition) is 5. The van der Waals surface area contributed by atoms with Crippen molar-refractivity contribution in [2.45, 2.75) is 44.7 Å². The molecule has 0 aliphatic carbocycles. The zero-order valence-corrected chi connectivity index (χ0v) is 17.5. The third-order valence-corrected chi connectivity index (χ3v) is 5.73. The second kappa shape index (κ2) is 11.4. The van der Waals surface area contributed by atoms with E-state index in [4.69, 9.17) is 0 Å². The van der Waals surface area contributed by atoms with Crippen molar-refractivity contribution in [1.82, 2.24) is 20.4 Å². The molecule has 2 saturated heterocycles. The van der Waals surface area contributed by atoms with Crippen molar-refractivity contribution in [2.75, 3.05) is 32.7 Å². The van der Waals surface area contributed by atoms with Crippen LogP contribution in [0.25, 0.3) is 0 Å². The maximum absolute atomic E-state index is 12.2. The number of piperidine rings is 1. The molecule has 30 heavy (non-hydrogen) atoms. The fourth-order valence-electron chi connectivity index (χ4n) is 3.96. The molecule has 7 heteroatoms. The van der Waals surface area contributed by atoms with E-state index >= 15 is 0 Å². The number of likely N-dealkylation sites (tertiary alicyclic amines) is 2. The Morgan fingerprint density at radius 1 is 1.20 bits per heavy atom. The Labute approximate surface area is 178 Å². The highest BCUT2D eigenvalue weighted by atomic mass is 16.2. The van der Waals surface area contributed by atoms with E-state index in [-0.39, 0.29) is 23.4 Å². The third-order valence-electron chi connectivity index (χ3n) is 5.73. The lowest BCUT2D eigenvalue weighted by Crippen LogP contribution is -2.40. The minimum Gasteiger partial charge on any atom is -0.387 e. The number of carbonyl (C=O) groups excluding carboxylic acids is 2. The summed E-state index contributed by atoms with van der Waals surface area (Å²) in [5.74, 6) is -0.169. The first kappa shape index (κ1) is 21.8. The molecular formula is C23H31N5O2. The average Bonchev–Trinajstić information content (AvgIpc) is 3.18. The third kappa shape index (κ3) is 6.60. The summed E-state index contributed by atoms with van der Waals surface area (Å²) in [5, 5.41) is 15.3. The summed E-state index contributed by atoms with van der Waals surface area (Å²) in [6.45, 7) is 4.86. The van der Waals surface area contributed by atoms with Gasteiger partial charge in [0.05, 0.1) is 0 Å². The van der Waals surface area contributed by atoms with Crippen molar-refractivity contribution >= 4 is 11.8 Å². The summed E-state index contributed by atoms with van der Waals surface area (Å²) in [7, 11) is 0. The largest absolute Gasteiger partial charge is 0.387 e. The van der Waals surface area contributed by atoms with Gasteiger partial charge in [0.25, 0.3) is 5.91 Å². The van der Waals surface area contributed by atoms with Crippen LogP contribution in [-0.4, -0.2) is 60.4 Å². The van der Waals surface area contributed by atoms with E-state index < -0.39 is 0 Å². The molecular weight excluding hydrogens is 378 g/mol. The molecule has 2 aliphatic rings. The Balaban J connectivity index is 1.35. The molecule has 2 N–H and O–H groups in total. The summed E-state index contributed by atoms with van der Waals surface area (Å²) in [5.41, 5.74) is 1.42. The lowest BCUT2D eigenvalue weighted by atomic mass is 10.0. The molecule has 0 radical (unpaired) electrons. The molecule has 0 atom stereocenters. The number of nitriles is 1. The van der Waals surface area contributed by atoms with Gasteiger partial charge in [0.1, 0.15) is 11.6 Å². The molecule has 0 bridgehead atoms. The highest BCUT2D eigenvalue weighted by Gasteiger charge is 2.20. The van der Waals surface area contributed by atoms with E-state index in [9.17, 15) is 14.9 Å². The summed E-state index contributed by atoms with van der Waals surface area (Å²) < 4.78 is 0. The van der Waals surface area contributed by atoms with Gasteiger partial charge in [-0.25, -0.2) is 0 Å². The van der Waals surface area contributed by atoms with Crippen LogP contribution in [0.5, 0.6) is 0 Å². The number of hydrogen-bond donors (Lipinski definition) is 2. The topological polar surface area (TPSA) is 88.5 Å². The first-order valence-corrected chi connectivity index (χ1v) is 10.8. The minimum absolute atomic E-state index is 0.0963. The van der Waals surface area contributed by atoms with Crippen LogP contribution in [0.15, 0.2) is 42.1 Å². The van der Waals surface area contributed by atoms with Crippen molar-refractivity contribution in [3.63, 3.8) is 0 Å². The van der Waals surface area contributed by atoms with Gasteiger partial charge in [0, 0.05) is 57.9 Å². The van der Waals surface area contributed by atoms with Crippen LogP contribution in [-0.2, 0) is 16.1 Å². The van der Waals surface area contributed by atoms with E-state index in [0.717, 1.165) is 45.4 Å². The number of rotatable bonds is 9. The smallest absolute Gasteiger partial charge is 0.263 e.